The molecule has 16 heavy (non-hydrogen) atoms. The molecule has 0 aromatic heterocycles. The van der Waals surface area contributed by atoms with Gasteiger partial charge in [0.05, 0.1) is 6.61 Å². The highest BCUT2D eigenvalue weighted by molar-refractivity contribution is 5.82. The summed E-state index contributed by atoms with van der Waals surface area (Å²) in [5.41, 5.74) is 0. The van der Waals surface area contributed by atoms with Crippen molar-refractivity contribution < 1.29 is 9.90 Å². The van der Waals surface area contributed by atoms with E-state index in [9.17, 15) is 9.90 Å². The van der Waals surface area contributed by atoms with E-state index in [0.29, 0.717) is 5.92 Å². The van der Waals surface area contributed by atoms with Gasteiger partial charge in [-0.25, -0.2) is 0 Å². The molecule has 0 bridgehead atoms. The summed E-state index contributed by atoms with van der Waals surface area (Å²) in [6.07, 6.45) is 2.20. The summed E-state index contributed by atoms with van der Waals surface area (Å²) in [6.45, 7) is 6.83. The molecule has 4 heteroatoms. The normalized spacial score (nSPS) is 28.2. The van der Waals surface area contributed by atoms with Crippen LogP contribution in [0, 0.1) is 5.92 Å². The smallest absolute Gasteiger partial charge is 0.242 e. The Balaban J connectivity index is 2.73. The van der Waals surface area contributed by atoms with Crippen LogP contribution in [0.5, 0.6) is 0 Å². The minimum Gasteiger partial charge on any atom is -0.394 e. The largest absolute Gasteiger partial charge is 0.394 e. The van der Waals surface area contributed by atoms with Crippen molar-refractivity contribution in [1.82, 2.24) is 9.80 Å². The molecule has 0 aromatic carbocycles. The fraction of sp³-hybridized carbons (Fsp3) is 0.917. The van der Waals surface area contributed by atoms with Gasteiger partial charge in [0.2, 0.25) is 5.91 Å². The SMILES string of the molecule is CCCCN1CC(C)CN(C)C(=O)C1CO. The zero-order valence-corrected chi connectivity index (χ0v) is 10.6. The third kappa shape index (κ3) is 3.19. The van der Waals surface area contributed by atoms with E-state index >= 15 is 0 Å². The molecule has 2 atom stereocenters. The second-order valence-corrected chi connectivity index (χ2v) is 4.87. The highest BCUT2D eigenvalue weighted by Crippen LogP contribution is 2.15. The molecule has 4 nitrogen and oxygen atoms in total. The minimum atomic E-state index is -0.332. The van der Waals surface area contributed by atoms with Crippen LogP contribution in [0.25, 0.3) is 0 Å². The van der Waals surface area contributed by atoms with E-state index in [1.165, 1.54) is 0 Å². The van der Waals surface area contributed by atoms with Crippen LogP contribution in [0.4, 0.5) is 0 Å². The van der Waals surface area contributed by atoms with Gasteiger partial charge < -0.3 is 10.0 Å². The summed E-state index contributed by atoms with van der Waals surface area (Å²) in [5.74, 6) is 0.533. The van der Waals surface area contributed by atoms with Gasteiger partial charge in [0.25, 0.3) is 0 Å². The predicted molar refractivity (Wildman–Crippen MR) is 64.2 cm³/mol. The van der Waals surface area contributed by atoms with Crippen molar-refractivity contribution >= 4 is 5.91 Å². The van der Waals surface area contributed by atoms with E-state index in [2.05, 4.69) is 18.7 Å². The maximum absolute atomic E-state index is 12.0. The van der Waals surface area contributed by atoms with Gasteiger partial charge in [-0.15, -0.1) is 0 Å². The standard InChI is InChI=1S/C12H24N2O2/c1-4-5-6-14-8-10(2)7-13(3)12(16)11(14)9-15/h10-11,15H,4-9H2,1-3H3. The van der Waals surface area contributed by atoms with Gasteiger partial charge in [-0.2, -0.15) is 0 Å². The number of amides is 1. The first-order valence-electron chi connectivity index (χ1n) is 6.20. The lowest BCUT2D eigenvalue weighted by molar-refractivity contribution is -0.135. The number of likely N-dealkylation sites (N-methyl/N-ethyl adjacent to an activating group) is 1. The van der Waals surface area contributed by atoms with Crippen molar-refractivity contribution in [1.29, 1.82) is 0 Å². The topological polar surface area (TPSA) is 43.8 Å². The lowest BCUT2D eigenvalue weighted by Gasteiger charge is -2.28. The summed E-state index contributed by atoms with van der Waals surface area (Å²) in [6, 6.07) is -0.332. The minimum absolute atomic E-state index is 0.0583. The number of unbranched alkanes of at least 4 members (excludes halogenated alkanes) is 1. The van der Waals surface area contributed by atoms with Crippen molar-refractivity contribution in [3.63, 3.8) is 0 Å². The van der Waals surface area contributed by atoms with Crippen LogP contribution in [-0.4, -0.2) is 60.1 Å². The Labute approximate surface area is 98.2 Å². The summed E-state index contributed by atoms with van der Waals surface area (Å²) in [5, 5.41) is 9.37. The molecule has 1 saturated heterocycles. The lowest BCUT2D eigenvalue weighted by atomic mass is 10.1. The number of rotatable bonds is 4. The first-order chi connectivity index (χ1) is 7.60. The zero-order valence-electron chi connectivity index (χ0n) is 10.6. The van der Waals surface area contributed by atoms with E-state index < -0.39 is 0 Å². The molecule has 94 valence electrons. The molecule has 0 aliphatic carbocycles. The summed E-state index contributed by atoms with van der Waals surface area (Å²) in [4.78, 5) is 15.9. The summed E-state index contributed by atoms with van der Waals surface area (Å²) in [7, 11) is 1.82. The maximum Gasteiger partial charge on any atom is 0.242 e. The third-order valence-electron chi connectivity index (χ3n) is 3.21. The first kappa shape index (κ1) is 13.5. The molecule has 1 N–H and O–H groups in total. The van der Waals surface area contributed by atoms with Crippen molar-refractivity contribution in [2.75, 3.05) is 33.3 Å². The van der Waals surface area contributed by atoms with Crippen LogP contribution in [0.15, 0.2) is 0 Å². The number of carbonyl (C=O) groups excluding carboxylic acids is 1. The monoisotopic (exact) mass is 228 g/mol. The van der Waals surface area contributed by atoms with E-state index in [4.69, 9.17) is 0 Å². The maximum atomic E-state index is 12.0. The van der Waals surface area contributed by atoms with Gasteiger partial charge in [-0.05, 0) is 18.9 Å². The third-order valence-corrected chi connectivity index (χ3v) is 3.21. The molecule has 1 heterocycles. The van der Waals surface area contributed by atoms with Crippen LogP contribution < -0.4 is 0 Å². The summed E-state index contributed by atoms with van der Waals surface area (Å²) < 4.78 is 0. The Bertz CT molecular complexity index is 233. The van der Waals surface area contributed by atoms with Crippen molar-refractivity contribution in [2.24, 2.45) is 5.92 Å². The van der Waals surface area contributed by atoms with E-state index in [0.717, 1.165) is 32.5 Å². The van der Waals surface area contributed by atoms with Gasteiger partial charge in [-0.1, -0.05) is 20.3 Å². The average molecular weight is 228 g/mol. The molecule has 1 aliphatic heterocycles. The van der Waals surface area contributed by atoms with Crippen molar-refractivity contribution in [2.45, 2.75) is 32.7 Å². The van der Waals surface area contributed by atoms with Crippen LogP contribution in [0.1, 0.15) is 26.7 Å². The van der Waals surface area contributed by atoms with Gasteiger partial charge in [-0.3, -0.25) is 9.69 Å². The van der Waals surface area contributed by atoms with Gasteiger partial charge in [0.1, 0.15) is 6.04 Å². The Kier molecular flexibility index (Phi) is 5.22. The van der Waals surface area contributed by atoms with Gasteiger partial charge >= 0.3 is 0 Å². The zero-order chi connectivity index (χ0) is 12.1. The van der Waals surface area contributed by atoms with Crippen LogP contribution in [0.3, 0.4) is 0 Å². The van der Waals surface area contributed by atoms with E-state index in [1.807, 2.05) is 7.05 Å². The molecular weight excluding hydrogens is 204 g/mol. The molecule has 2 unspecified atom stereocenters. The van der Waals surface area contributed by atoms with Crippen molar-refractivity contribution in [3.05, 3.63) is 0 Å². The fourth-order valence-corrected chi connectivity index (χ4v) is 2.36. The number of nitrogens with zero attached hydrogens (tertiary/aromatic N) is 2. The molecule has 1 aliphatic rings. The number of hydrogen-bond acceptors (Lipinski definition) is 3. The quantitative estimate of drug-likeness (QED) is 0.764. The van der Waals surface area contributed by atoms with Gasteiger partial charge in [0, 0.05) is 20.1 Å². The molecule has 1 rings (SSSR count). The highest BCUT2D eigenvalue weighted by Gasteiger charge is 2.32. The second-order valence-electron chi connectivity index (χ2n) is 4.87. The molecule has 0 saturated carbocycles. The average Bonchev–Trinajstić information content (AvgIpc) is 2.34. The Morgan fingerprint density at radius 1 is 1.44 bits per heavy atom. The Hall–Kier alpha value is -0.610. The molecule has 1 amide bonds. The second kappa shape index (κ2) is 6.21. The molecule has 0 spiro atoms. The van der Waals surface area contributed by atoms with E-state index in [1.54, 1.807) is 4.90 Å². The van der Waals surface area contributed by atoms with Crippen LogP contribution in [0.2, 0.25) is 0 Å². The highest BCUT2D eigenvalue weighted by atomic mass is 16.3. The molecule has 1 fully saturated rings. The van der Waals surface area contributed by atoms with Crippen LogP contribution >= 0.6 is 0 Å². The van der Waals surface area contributed by atoms with Crippen LogP contribution in [-0.2, 0) is 4.79 Å². The molecule has 0 radical (unpaired) electrons. The number of aliphatic hydroxyl groups excluding tert-OH is 1. The number of aliphatic hydroxyl groups is 1. The predicted octanol–water partition coefficient (Wildman–Crippen LogP) is 0.557. The lowest BCUT2D eigenvalue weighted by Crippen LogP contribution is -2.47. The number of carbonyl (C=O) groups is 1. The Morgan fingerprint density at radius 3 is 2.69 bits per heavy atom. The molecule has 0 aromatic rings. The van der Waals surface area contributed by atoms with Crippen molar-refractivity contribution in [3.8, 4) is 0 Å². The first-order valence-corrected chi connectivity index (χ1v) is 6.20. The van der Waals surface area contributed by atoms with E-state index in [-0.39, 0.29) is 18.6 Å². The Morgan fingerprint density at radius 2 is 2.12 bits per heavy atom. The molecular formula is C12H24N2O2. The van der Waals surface area contributed by atoms with Gasteiger partial charge in [0.15, 0.2) is 0 Å². The summed E-state index contributed by atoms with van der Waals surface area (Å²) >= 11 is 0. The fourth-order valence-electron chi connectivity index (χ4n) is 2.36. The number of hydrogen-bond donors (Lipinski definition) is 1.